The largest absolute Gasteiger partial charge is 0.494 e. The molecule has 0 aliphatic heterocycles. The van der Waals surface area contributed by atoms with Gasteiger partial charge in [-0.15, -0.1) is 0 Å². The number of rotatable bonds is 4. The van der Waals surface area contributed by atoms with Gasteiger partial charge in [0.2, 0.25) is 11.7 Å². The van der Waals surface area contributed by atoms with Gasteiger partial charge in [-0.25, -0.2) is 0 Å². The Hall–Kier alpha value is -3.33. The van der Waals surface area contributed by atoms with Crippen molar-refractivity contribution in [1.82, 2.24) is 4.57 Å². The molecule has 1 aromatic carbocycles. The molecule has 0 atom stereocenters. The standard InChI is InChI=1S/C23H24N2O4/c1-11(2)10-25-22(27)17(9-24)14(5)18(23(25)28)19(26)21-15(6)16-8-7-12(3)13(4)20(16)29-21/h7-8,11,28H,10H2,1-6H3. The van der Waals surface area contributed by atoms with Crippen molar-refractivity contribution in [3.05, 3.63) is 61.6 Å². The maximum atomic E-state index is 13.4. The zero-order valence-electron chi connectivity index (χ0n) is 17.5. The van der Waals surface area contributed by atoms with E-state index in [9.17, 15) is 20.0 Å². The quantitative estimate of drug-likeness (QED) is 0.668. The number of aromatic nitrogens is 1. The van der Waals surface area contributed by atoms with Gasteiger partial charge in [0.1, 0.15) is 17.2 Å². The number of aryl methyl sites for hydroxylation is 3. The fourth-order valence-electron chi connectivity index (χ4n) is 3.61. The monoisotopic (exact) mass is 392 g/mol. The molecule has 0 radical (unpaired) electrons. The third-order valence-electron chi connectivity index (χ3n) is 5.41. The molecule has 6 heteroatoms. The maximum Gasteiger partial charge on any atom is 0.271 e. The van der Waals surface area contributed by atoms with Crippen LogP contribution in [-0.4, -0.2) is 15.5 Å². The summed E-state index contributed by atoms with van der Waals surface area (Å²) >= 11 is 0. The Kier molecular flexibility index (Phi) is 5.10. The molecular weight excluding hydrogens is 368 g/mol. The number of aromatic hydroxyl groups is 1. The van der Waals surface area contributed by atoms with Crippen molar-refractivity contribution in [2.24, 2.45) is 5.92 Å². The van der Waals surface area contributed by atoms with Gasteiger partial charge in [0.25, 0.3) is 5.56 Å². The molecule has 0 aliphatic rings. The van der Waals surface area contributed by atoms with E-state index in [2.05, 4.69) is 0 Å². The second kappa shape index (κ2) is 7.25. The molecule has 29 heavy (non-hydrogen) atoms. The van der Waals surface area contributed by atoms with E-state index in [-0.39, 0.29) is 34.9 Å². The normalized spacial score (nSPS) is 11.2. The first-order chi connectivity index (χ1) is 13.6. The minimum Gasteiger partial charge on any atom is -0.494 e. The summed E-state index contributed by atoms with van der Waals surface area (Å²) in [5.41, 5.74) is 2.61. The van der Waals surface area contributed by atoms with Crippen LogP contribution >= 0.6 is 0 Å². The average molecular weight is 392 g/mol. The fraction of sp³-hybridized carbons (Fsp3) is 0.348. The molecule has 150 valence electrons. The van der Waals surface area contributed by atoms with Gasteiger partial charge in [-0.05, 0) is 50.3 Å². The number of furan rings is 1. The first kappa shape index (κ1) is 20.4. The van der Waals surface area contributed by atoms with Gasteiger partial charge in [-0.2, -0.15) is 5.26 Å². The van der Waals surface area contributed by atoms with Crippen molar-refractivity contribution in [3.63, 3.8) is 0 Å². The number of hydrogen-bond donors (Lipinski definition) is 1. The lowest BCUT2D eigenvalue weighted by Gasteiger charge is -2.16. The number of ketones is 1. The summed E-state index contributed by atoms with van der Waals surface area (Å²) in [5.74, 6) is -0.835. The van der Waals surface area contributed by atoms with Gasteiger partial charge >= 0.3 is 0 Å². The highest BCUT2D eigenvalue weighted by Crippen LogP contribution is 2.33. The number of carbonyl (C=O) groups is 1. The summed E-state index contributed by atoms with van der Waals surface area (Å²) < 4.78 is 7.02. The van der Waals surface area contributed by atoms with Crippen molar-refractivity contribution in [3.8, 4) is 11.9 Å². The van der Waals surface area contributed by atoms with Gasteiger partial charge in [0, 0.05) is 17.5 Å². The van der Waals surface area contributed by atoms with Gasteiger partial charge < -0.3 is 9.52 Å². The molecule has 0 aliphatic carbocycles. The lowest BCUT2D eigenvalue weighted by Crippen LogP contribution is -2.28. The van der Waals surface area contributed by atoms with E-state index in [0.717, 1.165) is 21.1 Å². The molecule has 0 saturated carbocycles. The van der Waals surface area contributed by atoms with Crippen molar-refractivity contribution < 1.29 is 14.3 Å². The van der Waals surface area contributed by atoms with Crippen LogP contribution in [0.5, 0.6) is 5.88 Å². The number of hydrogen-bond acceptors (Lipinski definition) is 5. The van der Waals surface area contributed by atoms with Crippen molar-refractivity contribution in [2.75, 3.05) is 0 Å². The molecule has 2 aromatic heterocycles. The molecule has 0 fully saturated rings. The Labute approximate surface area is 169 Å². The summed E-state index contributed by atoms with van der Waals surface area (Å²) in [4.78, 5) is 26.0. The molecule has 6 nitrogen and oxygen atoms in total. The highest BCUT2D eigenvalue weighted by atomic mass is 16.3. The Morgan fingerprint density at radius 2 is 1.83 bits per heavy atom. The molecule has 0 amide bonds. The smallest absolute Gasteiger partial charge is 0.271 e. The average Bonchev–Trinajstić information content (AvgIpc) is 2.99. The van der Waals surface area contributed by atoms with Crippen LogP contribution in [0.2, 0.25) is 0 Å². The van der Waals surface area contributed by atoms with Crippen LogP contribution in [0, 0.1) is 44.9 Å². The zero-order chi connectivity index (χ0) is 21.6. The minimum atomic E-state index is -0.597. The molecule has 1 N–H and O–H groups in total. The highest BCUT2D eigenvalue weighted by Gasteiger charge is 2.29. The molecule has 3 rings (SSSR count). The van der Waals surface area contributed by atoms with E-state index in [4.69, 9.17) is 4.42 Å². The van der Waals surface area contributed by atoms with E-state index in [1.165, 1.54) is 6.92 Å². The van der Waals surface area contributed by atoms with Crippen LogP contribution in [0.4, 0.5) is 0 Å². The van der Waals surface area contributed by atoms with Crippen LogP contribution in [-0.2, 0) is 6.54 Å². The van der Waals surface area contributed by atoms with Crippen molar-refractivity contribution in [2.45, 2.75) is 48.1 Å². The summed E-state index contributed by atoms with van der Waals surface area (Å²) in [6.45, 7) is 11.1. The van der Waals surface area contributed by atoms with E-state index in [1.54, 1.807) is 6.92 Å². The molecule has 2 heterocycles. The Balaban J connectivity index is 2.32. The van der Waals surface area contributed by atoms with E-state index in [1.807, 2.05) is 45.9 Å². The predicted octanol–water partition coefficient (Wildman–Crippen LogP) is 4.29. The van der Waals surface area contributed by atoms with Crippen LogP contribution < -0.4 is 5.56 Å². The summed E-state index contributed by atoms with van der Waals surface area (Å²) in [6, 6.07) is 5.75. The fourth-order valence-corrected chi connectivity index (χ4v) is 3.61. The third kappa shape index (κ3) is 3.13. The van der Waals surface area contributed by atoms with Crippen molar-refractivity contribution >= 4 is 16.8 Å². The number of carbonyl (C=O) groups excluding carboxylic acids is 1. The lowest BCUT2D eigenvalue weighted by molar-refractivity contribution is 0.100. The maximum absolute atomic E-state index is 13.4. The summed E-state index contributed by atoms with van der Waals surface area (Å²) in [6.07, 6.45) is 0. The van der Waals surface area contributed by atoms with Crippen molar-refractivity contribution in [1.29, 1.82) is 5.26 Å². The van der Waals surface area contributed by atoms with Gasteiger partial charge in [-0.3, -0.25) is 14.2 Å². The Morgan fingerprint density at radius 3 is 2.41 bits per heavy atom. The van der Waals surface area contributed by atoms with Crippen LogP contribution in [0.3, 0.4) is 0 Å². The molecular formula is C23H24N2O4. The van der Waals surface area contributed by atoms with Gasteiger partial charge in [0.15, 0.2) is 5.76 Å². The first-order valence-corrected chi connectivity index (χ1v) is 9.50. The van der Waals surface area contributed by atoms with Gasteiger partial charge in [-0.1, -0.05) is 26.0 Å². The van der Waals surface area contributed by atoms with Crippen LogP contribution in [0.25, 0.3) is 11.0 Å². The minimum absolute atomic E-state index is 0.0364. The van der Waals surface area contributed by atoms with E-state index in [0.29, 0.717) is 11.1 Å². The Morgan fingerprint density at radius 1 is 1.17 bits per heavy atom. The number of pyridine rings is 1. The highest BCUT2D eigenvalue weighted by molar-refractivity contribution is 6.13. The molecule has 0 unspecified atom stereocenters. The van der Waals surface area contributed by atoms with Crippen LogP contribution in [0.1, 0.15) is 57.8 Å². The summed E-state index contributed by atoms with van der Waals surface area (Å²) in [5, 5.41) is 21.1. The second-order valence-electron chi connectivity index (χ2n) is 7.89. The molecule has 0 saturated heterocycles. The third-order valence-corrected chi connectivity index (χ3v) is 5.41. The molecule has 0 spiro atoms. The first-order valence-electron chi connectivity index (χ1n) is 9.50. The number of nitriles is 1. The predicted molar refractivity (Wildman–Crippen MR) is 111 cm³/mol. The summed E-state index contributed by atoms with van der Waals surface area (Å²) in [7, 11) is 0. The topological polar surface area (TPSA) is 96.2 Å². The van der Waals surface area contributed by atoms with E-state index < -0.39 is 17.2 Å². The molecule has 3 aromatic rings. The second-order valence-corrected chi connectivity index (χ2v) is 7.89. The number of fused-ring (bicyclic) bond motifs is 1. The SMILES string of the molecule is Cc1ccc2c(C)c(C(=O)c3c(C)c(C#N)c(=O)n(CC(C)C)c3O)oc2c1C. The molecule has 0 bridgehead atoms. The Bertz CT molecular complexity index is 1250. The number of nitrogens with zero attached hydrogens (tertiary/aromatic N) is 2. The van der Waals surface area contributed by atoms with Crippen LogP contribution in [0.15, 0.2) is 21.3 Å². The number of benzene rings is 1. The zero-order valence-corrected chi connectivity index (χ0v) is 17.5. The lowest BCUT2D eigenvalue weighted by atomic mass is 9.98. The van der Waals surface area contributed by atoms with E-state index >= 15 is 0 Å². The van der Waals surface area contributed by atoms with Gasteiger partial charge in [0.05, 0.1) is 5.56 Å².